The number of rotatable bonds is 4. The molecule has 0 saturated heterocycles. The van der Waals surface area contributed by atoms with Crippen LogP contribution in [0.1, 0.15) is 29.4 Å². The number of hydrogen-bond acceptors (Lipinski definition) is 3. The van der Waals surface area contributed by atoms with Gasteiger partial charge in [-0.15, -0.1) is 0 Å². The number of allylic oxidation sites excluding steroid dienone is 2. The van der Waals surface area contributed by atoms with Gasteiger partial charge in [-0.25, -0.2) is 4.98 Å². The smallest absolute Gasteiger partial charge is 0.259 e. The summed E-state index contributed by atoms with van der Waals surface area (Å²) in [4.78, 5) is 19.4. The zero-order valence-corrected chi connectivity index (χ0v) is 15.5. The lowest BCUT2D eigenvalue weighted by atomic mass is 10.0. The van der Waals surface area contributed by atoms with Gasteiger partial charge in [0.25, 0.3) is 5.56 Å². The van der Waals surface area contributed by atoms with Gasteiger partial charge in [0.1, 0.15) is 11.6 Å². The first kappa shape index (κ1) is 17.7. The minimum absolute atomic E-state index is 0.127. The van der Waals surface area contributed by atoms with Crippen LogP contribution < -0.4 is 10.3 Å². The fraction of sp³-hybridized carbons (Fsp3) is 0.182. The van der Waals surface area contributed by atoms with Crippen LogP contribution >= 0.6 is 0 Å². The van der Waals surface area contributed by atoms with E-state index in [2.05, 4.69) is 28.2 Å². The predicted octanol–water partition coefficient (Wildman–Crippen LogP) is 4.67. The van der Waals surface area contributed by atoms with Gasteiger partial charge in [-0.1, -0.05) is 29.9 Å². The minimum Gasteiger partial charge on any atom is -0.496 e. The van der Waals surface area contributed by atoms with Crippen molar-refractivity contribution < 1.29 is 4.74 Å². The molecule has 0 amide bonds. The van der Waals surface area contributed by atoms with Crippen molar-refractivity contribution in [3.8, 4) is 5.75 Å². The number of benzene rings is 2. The van der Waals surface area contributed by atoms with Crippen molar-refractivity contribution in [2.24, 2.45) is 0 Å². The molecule has 0 saturated carbocycles. The topological polar surface area (TPSA) is 55.0 Å². The van der Waals surface area contributed by atoms with Crippen LogP contribution in [0.5, 0.6) is 5.75 Å². The van der Waals surface area contributed by atoms with Gasteiger partial charge in [0.2, 0.25) is 0 Å². The number of H-pyrrole nitrogens is 1. The van der Waals surface area contributed by atoms with E-state index in [0.717, 1.165) is 28.0 Å². The lowest BCUT2D eigenvalue weighted by Crippen LogP contribution is -2.09. The van der Waals surface area contributed by atoms with Crippen molar-refractivity contribution in [2.75, 3.05) is 7.11 Å². The maximum Gasteiger partial charge on any atom is 0.259 e. The Morgan fingerprint density at radius 3 is 2.54 bits per heavy atom. The summed E-state index contributed by atoms with van der Waals surface area (Å²) >= 11 is 0. The van der Waals surface area contributed by atoms with Gasteiger partial charge in [-0.2, -0.15) is 0 Å². The first-order chi connectivity index (χ1) is 12.5. The standard InChI is InChI=1S/C22H22N2O2/c1-14(11-17-12-15(2)21(26-4)16(3)13-17)9-10-20-23-19-8-6-5-7-18(19)22(25)24-20/h5-13H,1-4H3,(H,23,24,25)/b10-9+,14-11+. The maximum absolute atomic E-state index is 12.1. The molecule has 0 aliphatic heterocycles. The van der Waals surface area contributed by atoms with Crippen molar-refractivity contribution in [1.82, 2.24) is 9.97 Å². The Morgan fingerprint density at radius 1 is 1.15 bits per heavy atom. The molecule has 0 radical (unpaired) electrons. The van der Waals surface area contributed by atoms with Gasteiger partial charge in [-0.05, 0) is 67.8 Å². The Bertz CT molecular complexity index is 1050. The van der Waals surface area contributed by atoms with Crippen molar-refractivity contribution >= 4 is 23.1 Å². The summed E-state index contributed by atoms with van der Waals surface area (Å²) in [5.41, 5.74) is 4.96. The molecule has 26 heavy (non-hydrogen) atoms. The van der Waals surface area contributed by atoms with Crippen LogP contribution in [0.4, 0.5) is 0 Å². The molecule has 0 bridgehead atoms. The largest absolute Gasteiger partial charge is 0.496 e. The molecule has 1 heterocycles. The Balaban J connectivity index is 1.89. The number of aromatic amines is 1. The quantitative estimate of drug-likeness (QED) is 0.699. The van der Waals surface area contributed by atoms with Crippen molar-refractivity contribution in [3.05, 3.63) is 80.9 Å². The highest BCUT2D eigenvalue weighted by Gasteiger charge is 2.04. The third-order valence-corrected chi connectivity index (χ3v) is 4.22. The van der Waals surface area contributed by atoms with E-state index in [4.69, 9.17) is 4.74 Å². The van der Waals surface area contributed by atoms with Crippen LogP contribution in [0.25, 0.3) is 23.1 Å². The highest BCUT2D eigenvalue weighted by atomic mass is 16.5. The Labute approximate surface area is 152 Å². The number of aryl methyl sites for hydroxylation is 2. The van der Waals surface area contributed by atoms with E-state index in [1.165, 1.54) is 0 Å². The lowest BCUT2D eigenvalue weighted by Gasteiger charge is -2.09. The van der Waals surface area contributed by atoms with Crippen LogP contribution in [0, 0.1) is 13.8 Å². The monoisotopic (exact) mass is 346 g/mol. The Morgan fingerprint density at radius 2 is 1.85 bits per heavy atom. The number of nitrogens with zero attached hydrogens (tertiary/aromatic N) is 1. The third-order valence-electron chi connectivity index (χ3n) is 4.22. The molecule has 0 aliphatic carbocycles. The van der Waals surface area contributed by atoms with Crippen LogP contribution in [-0.4, -0.2) is 17.1 Å². The highest BCUT2D eigenvalue weighted by Crippen LogP contribution is 2.25. The number of ether oxygens (including phenoxy) is 1. The third kappa shape index (κ3) is 3.75. The van der Waals surface area contributed by atoms with Crippen LogP contribution in [-0.2, 0) is 0 Å². The van der Waals surface area contributed by atoms with Crippen molar-refractivity contribution in [1.29, 1.82) is 0 Å². The number of para-hydroxylation sites is 1. The molecule has 2 aromatic carbocycles. The fourth-order valence-electron chi connectivity index (χ4n) is 3.09. The highest BCUT2D eigenvalue weighted by molar-refractivity contribution is 5.78. The van der Waals surface area contributed by atoms with E-state index in [1.807, 2.05) is 51.1 Å². The fourth-order valence-corrected chi connectivity index (χ4v) is 3.09. The summed E-state index contributed by atoms with van der Waals surface area (Å²) in [6.07, 6.45) is 5.86. The van der Waals surface area contributed by atoms with Crippen molar-refractivity contribution in [2.45, 2.75) is 20.8 Å². The van der Waals surface area contributed by atoms with Crippen LogP contribution in [0.3, 0.4) is 0 Å². The average Bonchev–Trinajstić information content (AvgIpc) is 2.60. The summed E-state index contributed by atoms with van der Waals surface area (Å²) < 4.78 is 5.41. The lowest BCUT2D eigenvalue weighted by molar-refractivity contribution is 0.408. The van der Waals surface area contributed by atoms with Gasteiger partial charge in [0.05, 0.1) is 18.0 Å². The molecule has 0 aliphatic rings. The van der Waals surface area contributed by atoms with Crippen LogP contribution in [0.2, 0.25) is 0 Å². The Hall–Kier alpha value is -3.14. The molecule has 0 atom stereocenters. The van der Waals surface area contributed by atoms with E-state index in [0.29, 0.717) is 16.7 Å². The molecule has 1 aromatic heterocycles. The summed E-state index contributed by atoms with van der Waals surface area (Å²) in [7, 11) is 1.69. The molecule has 0 fully saturated rings. The normalized spacial score (nSPS) is 12.1. The van der Waals surface area contributed by atoms with E-state index >= 15 is 0 Å². The van der Waals surface area contributed by atoms with Gasteiger partial charge in [0.15, 0.2) is 0 Å². The molecule has 3 rings (SSSR count). The van der Waals surface area contributed by atoms with Gasteiger partial charge >= 0.3 is 0 Å². The molecular weight excluding hydrogens is 324 g/mol. The maximum atomic E-state index is 12.1. The molecule has 4 heteroatoms. The van der Waals surface area contributed by atoms with Gasteiger partial charge in [0, 0.05) is 0 Å². The van der Waals surface area contributed by atoms with E-state index in [1.54, 1.807) is 13.2 Å². The minimum atomic E-state index is -0.127. The summed E-state index contributed by atoms with van der Waals surface area (Å²) in [6.45, 7) is 6.10. The first-order valence-electron chi connectivity index (χ1n) is 8.48. The zero-order chi connectivity index (χ0) is 18.7. The van der Waals surface area contributed by atoms with E-state index < -0.39 is 0 Å². The molecular formula is C22H22N2O2. The van der Waals surface area contributed by atoms with Gasteiger partial charge in [-0.3, -0.25) is 4.79 Å². The number of nitrogens with one attached hydrogen (secondary N) is 1. The molecule has 0 spiro atoms. The number of aromatic nitrogens is 2. The molecule has 1 N–H and O–H groups in total. The first-order valence-corrected chi connectivity index (χ1v) is 8.48. The molecule has 132 valence electrons. The SMILES string of the molecule is COc1c(C)cc(/C=C(C)/C=C/c2nc3ccccc3c(=O)[nH]2)cc1C. The number of fused-ring (bicyclic) bond motifs is 1. The average molecular weight is 346 g/mol. The number of hydrogen-bond donors (Lipinski definition) is 1. The summed E-state index contributed by atoms with van der Waals surface area (Å²) in [6, 6.07) is 11.5. The molecule has 0 unspecified atom stereocenters. The second-order valence-electron chi connectivity index (χ2n) is 6.38. The summed E-state index contributed by atoms with van der Waals surface area (Å²) in [5, 5.41) is 0.598. The van der Waals surface area contributed by atoms with E-state index in [-0.39, 0.29) is 5.56 Å². The molecule has 4 nitrogen and oxygen atoms in total. The van der Waals surface area contributed by atoms with Crippen molar-refractivity contribution in [3.63, 3.8) is 0 Å². The second kappa shape index (κ2) is 7.40. The Kier molecular flexibility index (Phi) is 5.03. The van der Waals surface area contributed by atoms with E-state index in [9.17, 15) is 4.79 Å². The number of methoxy groups -OCH3 is 1. The molecule has 3 aromatic rings. The van der Waals surface area contributed by atoms with Crippen LogP contribution in [0.15, 0.2) is 52.8 Å². The summed E-state index contributed by atoms with van der Waals surface area (Å²) in [5.74, 6) is 1.47. The predicted molar refractivity (Wildman–Crippen MR) is 108 cm³/mol. The van der Waals surface area contributed by atoms with Gasteiger partial charge < -0.3 is 9.72 Å². The zero-order valence-electron chi connectivity index (χ0n) is 15.5. The second-order valence-corrected chi connectivity index (χ2v) is 6.38.